The number of aliphatic hydroxyl groups excluding tert-OH is 6. The third kappa shape index (κ3) is 33.5. The molecule has 2 aliphatic rings. The van der Waals surface area contributed by atoms with Gasteiger partial charge in [-0.15, -0.1) is 0 Å². The lowest BCUT2D eigenvalue weighted by molar-refractivity contribution is 0.361. The molecule has 7 nitrogen and oxygen atoms in total. The van der Waals surface area contributed by atoms with Gasteiger partial charge in [-0.1, -0.05) is 250 Å². The number of rotatable bonds is 10. The number of hydrogen-bond acceptors (Lipinski definition) is 7. The van der Waals surface area contributed by atoms with E-state index in [1.165, 1.54) is 83.9 Å². The van der Waals surface area contributed by atoms with E-state index >= 15 is 0 Å². The molecule has 8 unspecified atom stereocenters. The van der Waals surface area contributed by atoms with E-state index < -0.39 is 0 Å². The first-order chi connectivity index (χ1) is 40.3. The zero-order valence-corrected chi connectivity index (χ0v) is 57.7. The normalized spacial score (nSPS) is 15.9. The van der Waals surface area contributed by atoms with Crippen LogP contribution in [0.25, 0.3) is 0 Å². The number of methoxy groups -OCH3 is 1. The van der Waals surface area contributed by atoms with Gasteiger partial charge in [0, 0.05) is 42.7 Å². The van der Waals surface area contributed by atoms with Crippen molar-refractivity contribution >= 4 is 0 Å². The Morgan fingerprint density at radius 1 is 0.417 bits per heavy atom. The second-order valence-corrected chi connectivity index (χ2v) is 22.7. The van der Waals surface area contributed by atoms with Gasteiger partial charge < -0.3 is 35.4 Å². The summed E-state index contributed by atoms with van der Waals surface area (Å²) in [7, 11) is 7.69. The Hall–Kier alpha value is -5.12. The molecule has 0 bridgehead atoms. The monoisotopic (exact) mass is 1160 g/mol. The van der Waals surface area contributed by atoms with Crippen LogP contribution in [-0.2, 0) is 31.1 Å². The SMILES string of the molecule is CC1Cc2ccccc2C1C.CC1Cc2ccccc2CC1C.CCC(C)c1ccc(C)cc1.CCC(C)c1ccc(OC)cc1.CCC(C)c1cccc(C(C)(C)C)c1.CCc1cccc(C(C)CC)c1.CO.CO.CO.CO.CO.CO. The van der Waals surface area contributed by atoms with Crippen molar-refractivity contribution in [2.45, 2.75) is 204 Å². The average Bonchev–Trinajstić information content (AvgIpc) is 4.10. The molecule has 0 saturated carbocycles. The highest BCUT2D eigenvalue weighted by molar-refractivity contribution is 5.36. The van der Waals surface area contributed by atoms with E-state index in [2.05, 4.69) is 251 Å². The molecule has 0 heterocycles. The first kappa shape index (κ1) is 85.3. The van der Waals surface area contributed by atoms with Gasteiger partial charge in [0.05, 0.1) is 7.11 Å². The summed E-state index contributed by atoms with van der Waals surface area (Å²) in [5, 5.41) is 42.0. The van der Waals surface area contributed by atoms with E-state index in [1.807, 2.05) is 12.1 Å². The largest absolute Gasteiger partial charge is 0.497 e. The van der Waals surface area contributed by atoms with Crippen molar-refractivity contribution in [3.63, 3.8) is 0 Å². The zero-order valence-electron chi connectivity index (χ0n) is 57.7. The molecule has 6 aromatic carbocycles. The Morgan fingerprint density at radius 2 is 0.774 bits per heavy atom. The maximum Gasteiger partial charge on any atom is 0.118 e. The van der Waals surface area contributed by atoms with Crippen LogP contribution < -0.4 is 4.74 Å². The van der Waals surface area contributed by atoms with Crippen LogP contribution in [0.1, 0.15) is 227 Å². The van der Waals surface area contributed by atoms with Gasteiger partial charge in [0.25, 0.3) is 0 Å². The third-order valence-corrected chi connectivity index (χ3v) is 16.1. The fourth-order valence-corrected chi connectivity index (χ4v) is 9.25. The van der Waals surface area contributed by atoms with Gasteiger partial charge in [0.15, 0.2) is 0 Å². The lowest BCUT2D eigenvalue weighted by atomic mass is 9.78. The highest BCUT2D eigenvalue weighted by atomic mass is 16.5. The van der Waals surface area contributed by atoms with E-state index in [0.717, 1.165) is 78.5 Å². The van der Waals surface area contributed by atoms with E-state index in [-0.39, 0.29) is 5.41 Å². The van der Waals surface area contributed by atoms with Gasteiger partial charge in [-0.05, 0) is 179 Å². The molecule has 0 aliphatic heterocycles. The van der Waals surface area contributed by atoms with Crippen molar-refractivity contribution in [1.82, 2.24) is 0 Å². The minimum atomic E-state index is 0.267. The van der Waals surface area contributed by atoms with Gasteiger partial charge in [0.2, 0.25) is 0 Å². The molecule has 7 heteroatoms. The summed E-state index contributed by atoms with van der Waals surface area (Å²) in [6, 6.07) is 52.7. The van der Waals surface area contributed by atoms with Crippen LogP contribution in [0.3, 0.4) is 0 Å². The molecule has 0 aromatic heterocycles. The van der Waals surface area contributed by atoms with Crippen LogP contribution in [0.5, 0.6) is 5.75 Å². The van der Waals surface area contributed by atoms with Crippen molar-refractivity contribution in [2.75, 3.05) is 49.8 Å². The van der Waals surface area contributed by atoms with E-state index in [4.69, 9.17) is 35.4 Å². The predicted octanol–water partition coefficient (Wildman–Crippen LogP) is 18.7. The second kappa shape index (κ2) is 52.2. The highest BCUT2D eigenvalue weighted by Gasteiger charge is 2.24. The van der Waals surface area contributed by atoms with Crippen molar-refractivity contribution < 1.29 is 35.4 Å². The number of benzene rings is 6. The van der Waals surface area contributed by atoms with Crippen LogP contribution in [-0.4, -0.2) is 80.4 Å². The number of ether oxygens (including phenoxy) is 1. The summed E-state index contributed by atoms with van der Waals surface area (Å²) in [6.07, 6.45) is 9.83. The Bertz CT molecular complexity index is 2380. The van der Waals surface area contributed by atoms with Crippen LogP contribution in [0.15, 0.2) is 146 Å². The van der Waals surface area contributed by atoms with Gasteiger partial charge in [-0.25, -0.2) is 0 Å². The summed E-state index contributed by atoms with van der Waals surface area (Å²) >= 11 is 0. The topological polar surface area (TPSA) is 131 Å². The number of fused-ring (bicyclic) bond motifs is 2. The van der Waals surface area contributed by atoms with Gasteiger partial charge in [-0.2, -0.15) is 0 Å². The lowest BCUT2D eigenvalue weighted by Gasteiger charge is -2.27. The van der Waals surface area contributed by atoms with Gasteiger partial charge in [0.1, 0.15) is 5.75 Å². The summed E-state index contributed by atoms with van der Waals surface area (Å²) in [5.74, 6) is 7.00. The second-order valence-electron chi connectivity index (χ2n) is 22.7. The summed E-state index contributed by atoms with van der Waals surface area (Å²) in [6.45, 7) is 38.5. The molecule has 8 rings (SSSR count). The number of aryl methyl sites for hydroxylation is 2. The van der Waals surface area contributed by atoms with Crippen LogP contribution in [0, 0.1) is 24.7 Å². The summed E-state index contributed by atoms with van der Waals surface area (Å²) in [4.78, 5) is 0. The molecule has 0 amide bonds. The van der Waals surface area contributed by atoms with Gasteiger partial charge >= 0.3 is 0 Å². The fourth-order valence-electron chi connectivity index (χ4n) is 9.25. The lowest BCUT2D eigenvalue weighted by Crippen LogP contribution is -2.20. The van der Waals surface area contributed by atoms with Gasteiger partial charge in [-0.3, -0.25) is 0 Å². The van der Waals surface area contributed by atoms with E-state index in [0.29, 0.717) is 23.7 Å². The minimum absolute atomic E-state index is 0.267. The Balaban J connectivity index is -0.000000441. The van der Waals surface area contributed by atoms with E-state index in [9.17, 15) is 0 Å². The molecule has 0 saturated heterocycles. The molecular weight excluding hydrogens is 1040 g/mol. The molecule has 0 fully saturated rings. The molecule has 0 radical (unpaired) electrons. The highest BCUT2D eigenvalue weighted by Crippen LogP contribution is 2.37. The van der Waals surface area contributed by atoms with E-state index in [1.54, 1.807) is 29.4 Å². The van der Waals surface area contributed by atoms with Crippen molar-refractivity contribution in [3.8, 4) is 5.75 Å². The number of hydrogen-bond donors (Lipinski definition) is 6. The molecule has 2 aliphatic carbocycles. The Morgan fingerprint density at radius 3 is 1.15 bits per heavy atom. The first-order valence-electron chi connectivity index (χ1n) is 31.0. The molecule has 6 aromatic rings. The smallest absolute Gasteiger partial charge is 0.118 e. The summed E-state index contributed by atoms with van der Waals surface area (Å²) < 4.78 is 5.08. The molecule has 6 N–H and O–H groups in total. The third-order valence-electron chi connectivity index (χ3n) is 16.1. The Labute approximate surface area is 517 Å². The average molecular weight is 1160 g/mol. The van der Waals surface area contributed by atoms with Crippen molar-refractivity contribution in [3.05, 3.63) is 207 Å². The first-order valence-corrected chi connectivity index (χ1v) is 31.0. The van der Waals surface area contributed by atoms with Crippen LogP contribution in [0.2, 0.25) is 0 Å². The quantitative estimate of drug-likeness (QED) is 0.0806. The zero-order chi connectivity index (χ0) is 65.4. The predicted molar refractivity (Wildman–Crippen MR) is 369 cm³/mol. The number of aliphatic hydroxyl groups is 6. The Kier molecular flexibility index (Phi) is 53.1. The minimum Gasteiger partial charge on any atom is -0.497 e. The van der Waals surface area contributed by atoms with Crippen LogP contribution in [0.4, 0.5) is 0 Å². The molecule has 84 heavy (non-hydrogen) atoms. The molecule has 476 valence electrons. The maximum absolute atomic E-state index is 7.00. The maximum atomic E-state index is 7.00. The fraction of sp³-hybridized carbons (Fsp3) is 0.532. The van der Waals surface area contributed by atoms with Crippen molar-refractivity contribution in [1.29, 1.82) is 0 Å². The standard InChI is InChI=1S/C14H22.C12H16.C12H18.C11H16O.C11H14.C11H16.6CH4O/c1-6-11(2)12-8-7-9-13(10-12)14(3,4)5;1-9-7-11-5-3-4-6-12(11)8-10(9)2;1-4-10(3)12-8-6-7-11(5-2)9-12;1-4-9(2)10-5-7-11(12-3)8-6-10;1-8-7-10-5-3-4-6-11(10)9(8)2;1-4-10(3)11-7-5-9(2)6-8-11;6*1-2/h7-11H,6H2,1-5H3;3-6,9-10H,7-8H2,1-2H3;6-10H,4-5H2,1-3H3;5-9H,4H2,1-3H3;3-6,8-9H,7H2,1-2H3;5-8,10H,4H2,1-3H3;6*2H,1H3. The molecule has 0 spiro atoms. The molecule has 8 atom stereocenters. The summed E-state index contributed by atoms with van der Waals surface area (Å²) in [5.41, 5.74) is 16.6. The van der Waals surface area contributed by atoms with Crippen molar-refractivity contribution in [2.24, 2.45) is 17.8 Å². The molecular formula is C77H126O7. The van der Waals surface area contributed by atoms with Crippen LogP contribution >= 0.6 is 0 Å².